The van der Waals surface area contributed by atoms with E-state index in [4.69, 9.17) is 19.6 Å². The first kappa shape index (κ1) is 22.5. The van der Waals surface area contributed by atoms with E-state index in [2.05, 4.69) is 10.3 Å². The second-order valence-electron chi connectivity index (χ2n) is 9.60. The highest BCUT2D eigenvalue weighted by atomic mass is 16.5. The zero-order chi connectivity index (χ0) is 24.6. The number of carbonyl (C=O) groups excluding carboxylic acids is 1. The number of hydrogen-bond donors (Lipinski definition) is 1. The molecule has 2 aliphatic carbocycles. The van der Waals surface area contributed by atoms with Crippen molar-refractivity contribution in [1.29, 1.82) is 0 Å². The van der Waals surface area contributed by atoms with Crippen molar-refractivity contribution in [2.45, 2.75) is 57.5 Å². The van der Waals surface area contributed by atoms with Crippen LogP contribution in [0.25, 0.3) is 16.9 Å². The van der Waals surface area contributed by atoms with Crippen LogP contribution in [0.4, 0.5) is 5.69 Å². The van der Waals surface area contributed by atoms with Crippen LogP contribution in [0.5, 0.6) is 11.5 Å². The number of nitrogens with one attached hydrogen (secondary N) is 1. The van der Waals surface area contributed by atoms with Crippen LogP contribution in [0.1, 0.15) is 66.2 Å². The molecule has 2 aliphatic rings. The lowest BCUT2D eigenvalue weighted by atomic mass is 10.1. The smallest absolute Gasteiger partial charge is 0.256 e. The molecule has 184 valence electrons. The minimum absolute atomic E-state index is 0.186. The molecule has 0 bridgehead atoms. The molecule has 0 radical (unpaired) electrons. The Hall–Kier alpha value is -3.94. The van der Waals surface area contributed by atoms with E-state index < -0.39 is 0 Å². The summed E-state index contributed by atoms with van der Waals surface area (Å²) in [4.78, 5) is 23.0. The van der Waals surface area contributed by atoms with Gasteiger partial charge in [-0.05, 0) is 75.8 Å². The van der Waals surface area contributed by atoms with Gasteiger partial charge in [-0.25, -0.2) is 9.97 Å². The molecule has 8 nitrogen and oxygen atoms in total. The van der Waals surface area contributed by atoms with Crippen LogP contribution in [0.2, 0.25) is 0 Å². The molecule has 2 saturated carbocycles. The standard InChI is InChI=1S/C28H29N5O3/c1-17-26-21(16-22(18-10-11-18)31-27(26)33(32-17)25-9-5-6-14-29-25)28(34)30-19-12-13-23(35-2)24(15-19)36-20-7-3-4-8-20/h5-6,9,12-16,18,20H,3-4,7-8,10-11H2,1-2H3,(H,30,34). The Morgan fingerprint density at radius 2 is 1.89 bits per heavy atom. The molecule has 0 saturated heterocycles. The molecule has 36 heavy (non-hydrogen) atoms. The number of aryl methyl sites for hydroxylation is 1. The van der Waals surface area contributed by atoms with Crippen molar-refractivity contribution in [2.24, 2.45) is 0 Å². The van der Waals surface area contributed by atoms with E-state index in [0.717, 1.165) is 42.5 Å². The Morgan fingerprint density at radius 3 is 2.61 bits per heavy atom. The average Bonchev–Trinajstić information content (AvgIpc) is 3.53. The van der Waals surface area contributed by atoms with Crippen LogP contribution in [0, 0.1) is 6.92 Å². The van der Waals surface area contributed by atoms with E-state index in [1.807, 2.05) is 49.4 Å². The fraction of sp³-hybridized carbons (Fsp3) is 0.357. The molecule has 8 heteroatoms. The van der Waals surface area contributed by atoms with Gasteiger partial charge in [-0.1, -0.05) is 6.07 Å². The molecule has 0 unspecified atom stereocenters. The highest BCUT2D eigenvalue weighted by Crippen LogP contribution is 2.41. The second kappa shape index (κ2) is 9.26. The van der Waals surface area contributed by atoms with Gasteiger partial charge in [0.25, 0.3) is 5.91 Å². The van der Waals surface area contributed by atoms with Gasteiger partial charge in [-0.2, -0.15) is 9.78 Å². The number of nitrogens with zero attached hydrogens (tertiary/aromatic N) is 4. The van der Waals surface area contributed by atoms with E-state index in [9.17, 15) is 4.79 Å². The van der Waals surface area contributed by atoms with Gasteiger partial charge in [0, 0.05) is 29.6 Å². The van der Waals surface area contributed by atoms with Crippen molar-refractivity contribution in [3.05, 3.63) is 65.6 Å². The van der Waals surface area contributed by atoms with Crippen molar-refractivity contribution in [1.82, 2.24) is 19.7 Å². The summed E-state index contributed by atoms with van der Waals surface area (Å²) in [7, 11) is 1.63. The summed E-state index contributed by atoms with van der Waals surface area (Å²) in [6.45, 7) is 1.90. The molecule has 1 aromatic carbocycles. The van der Waals surface area contributed by atoms with Gasteiger partial charge >= 0.3 is 0 Å². The summed E-state index contributed by atoms with van der Waals surface area (Å²) in [6, 6.07) is 13.1. The number of hydrogen-bond acceptors (Lipinski definition) is 6. The lowest BCUT2D eigenvalue weighted by Gasteiger charge is -2.17. The highest BCUT2D eigenvalue weighted by molar-refractivity contribution is 6.13. The van der Waals surface area contributed by atoms with Gasteiger partial charge in [0.1, 0.15) is 0 Å². The number of amides is 1. The van der Waals surface area contributed by atoms with Crippen molar-refractivity contribution in [2.75, 3.05) is 12.4 Å². The molecular formula is C28H29N5O3. The Balaban J connectivity index is 1.37. The minimum atomic E-state index is -0.204. The Morgan fingerprint density at radius 1 is 1.06 bits per heavy atom. The Kier molecular flexibility index (Phi) is 5.79. The lowest BCUT2D eigenvalue weighted by Crippen LogP contribution is -2.15. The Labute approximate surface area is 209 Å². The van der Waals surface area contributed by atoms with E-state index in [1.54, 1.807) is 18.0 Å². The van der Waals surface area contributed by atoms with Crippen molar-refractivity contribution >= 4 is 22.6 Å². The number of methoxy groups -OCH3 is 1. The molecule has 4 aromatic rings. The zero-order valence-electron chi connectivity index (χ0n) is 20.5. The maximum Gasteiger partial charge on any atom is 0.256 e. The lowest BCUT2D eigenvalue weighted by molar-refractivity contribution is 0.102. The summed E-state index contributed by atoms with van der Waals surface area (Å²) in [6.07, 6.45) is 8.51. The van der Waals surface area contributed by atoms with Crippen LogP contribution < -0.4 is 14.8 Å². The zero-order valence-corrected chi connectivity index (χ0v) is 20.5. The number of ether oxygens (including phenoxy) is 2. The summed E-state index contributed by atoms with van der Waals surface area (Å²) in [5, 5.41) is 8.51. The summed E-state index contributed by atoms with van der Waals surface area (Å²) >= 11 is 0. The molecule has 6 rings (SSSR count). The van der Waals surface area contributed by atoms with Crippen molar-refractivity contribution in [3.8, 4) is 17.3 Å². The number of carbonyl (C=O) groups is 1. The van der Waals surface area contributed by atoms with E-state index in [-0.39, 0.29) is 12.0 Å². The first-order valence-electron chi connectivity index (χ1n) is 12.6. The van der Waals surface area contributed by atoms with Crippen LogP contribution in [-0.4, -0.2) is 38.9 Å². The molecular weight excluding hydrogens is 454 g/mol. The SMILES string of the molecule is COc1ccc(NC(=O)c2cc(C3CC3)nc3c2c(C)nn3-c2ccccn2)cc1OC1CCCC1. The maximum atomic E-state index is 13.7. The number of anilines is 1. The van der Waals surface area contributed by atoms with Crippen LogP contribution in [0.3, 0.4) is 0 Å². The highest BCUT2D eigenvalue weighted by Gasteiger charge is 2.29. The van der Waals surface area contributed by atoms with Crippen LogP contribution in [0.15, 0.2) is 48.7 Å². The monoisotopic (exact) mass is 483 g/mol. The molecule has 1 amide bonds. The predicted molar refractivity (Wildman–Crippen MR) is 137 cm³/mol. The first-order valence-corrected chi connectivity index (χ1v) is 12.6. The predicted octanol–water partition coefficient (Wildman–Crippen LogP) is 5.58. The molecule has 3 aromatic heterocycles. The number of rotatable bonds is 7. The van der Waals surface area contributed by atoms with Gasteiger partial charge in [0.15, 0.2) is 23.0 Å². The van der Waals surface area contributed by atoms with Crippen LogP contribution >= 0.6 is 0 Å². The van der Waals surface area contributed by atoms with Gasteiger partial charge in [-0.15, -0.1) is 0 Å². The number of fused-ring (bicyclic) bond motifs is 1. The van der Waals surface area contributed by atoms with Gasteiger partial charge in [0.05, 0.1) is 29.9 Å². The fourth-order valence-electron chi connectivity index (χ4n) is 4.95. The van der Waals surface area contributed by atoms with E-state index in [0.29, 0.717) is 40.1 Å². The second-order valence-corrected chi connectivity index (χ2v) is 9.60. The average molecular weight is 484 g/mol. The number of aromatic nitrogens is 4. The summed E-state index contributed by atoms with van der Waals surface area (Å²) < 4.78 is 13.5. The minimum Gasteiger partial charge on any atom is -0.493 e. The third kappa shape index (κ3) is 4.27. The van der Waals surface area contributed by atoms with Gasteiger partial charge in [0.2, 0.25) is 0 Å². The van der Waals surface area contributed by atoms with Crippen molar-refractivity contribution < 1.29 is 14.3 Å². The normalized spacial score (nSPS) is 15.8. The number of benzene rings is 1. The molecule has 2 fully saturated rings. The van der Waals surface area contributed by atoms with E-state index in [1.165, 1.54) is 12.8 Å². The first-order chi connectivity index (χ1) is 17.6. The largest absolute Gasteiger partial charge is 0.493 e. The number of pyridine rings is 2. The molecule has 3 heterocycles. The van der Waals surface area contributed by atoms with Crippen LogP contribution in [-0.2, 0) is 0 Å². The third-order valence-electron chi connectivity index (χ3n) is 6.96. The van der Waals surface area contributed by atoms with Crippen molar-refractivity contribution in [3.63, 3.8) is 0 Å². The molecule has 1 N–H and O–H groups in total. The molecule has 0 spiro atoms. The van der Waals surface area contributed by atoms with Gasteiger partial charge in [-0.3, -0.25) is 4.79 Å². The van der Waals surface area contributed by atoms with E-state index >= 15 is 0 Å². The molecule has 0 atom stereocenters. The fourth-order valence-corrected chi connectivity index (χ4v) is 4.95. The topological polar surface area (TPSA) is 91.2 Å². The van der Waals surface area contributed by atoms with Gasteiger partial charge < -0.3 is 14.8 Å². The quantitative estimate of drug-likeness (QED) is 0.369. The summed E-state index contributed by atoms with van der Waals surface area (Å²) in [5.41, 5.74) is 3.53. The molecule has 0 aliphatic heterocycles. The summed E-state index contributed by atoms with van der Waals surface area (Å²) in [5.74, 6) is 2.16. The third-order valence-corrected chi connectivity index (χ3v) is 6.96. The maximum absolute atomic E-state index is 13.7. The Bertz CT molecular complexity index is 1420.